The van der Waals surface area contributed by atoms with Gasteiger partial charge in [0.15, 0.2) is 0 Å². The molecular formula is C17H31NO6. The van der Waals surface area contributed by atoms with E-state index in [1.165, 1.54) is 0 Å². The third-order valence-electron chi connectivity index (χ3n) is 2.41. The molecule has 0 heterocycles. The molecule has 0 atom stereocenters. The lowest BCUT2D eigenvalue weighted by atomic mass is 10.2. The van der Waals surface area contributed by atoms with Crippen molar-refractivity contribution in [2.45, 2.75) is 26.4 Å². The Morgan fingerprint density at radius 2 is 1.42 bits per heavy atom. The van der Waals surface area contributed by atoms with Crippen LogP contribution in [-0.2, 0) is 28.5 Å². The summed E-state index contributed by atoms with van der Waals surface area (Å²) in [6.45, 7) is 10.1. The number of hydrogen-bond acceptors (Lipinski definition) is 7. The Balaban J connectivity index is 3.15. The fourth-order valence-electron chi connectivity index (χ4n) is 1.50. The molecule has 0 aromatic rings. The lowest BCUT2D eigenvalue weighted by Crippen LogP contribution is -2.33. The maximum Gasteiger partial charge on any atom is 0.320 e. The average Bonchev–Trinajstić information content (AvgIpc) is 2.49. The Morgan fingerprint density at radius 1 is 0.917 bits per heavy atom. The van der Waals surface area contributed by atoms with E-state index in [1.54, 1.807) is 0 Å². The van der Waals surface area contributed by atoms with Crippen molar-refractivity contribution in [1.29, 1.82) is 0 Å². The molecule has 140 valence electrons. The van der Waals surface area contributed by atoms with Gasteiger partial charge in [-0.05, 0) is 20.8 Å². The largest absolute Gasteiger partial charge is 0.459 e. The molecular weight excluding hydrogens is 314 g/mol. The number of nitrogens with one attached hydrogen (secondary N) is 1. The molecule has 0 bridgehead atoms. The quantitative estimate of drug-likeness (QED) is 0.265. The minimum atomic E-state index is -0.453. The zero-order valence-corrected chi connectivity index (χ0v) is 15.1. The molecule has 0 fully saturated rings. The number of carbonyl (C=O) groups excluding carboxylic acids is 1. The topological polar surface area (TPSA) is 75.3 Å². The standard InChI is InChI=1S/C17H31NO6/c1-5-7-20-9-11-22-13-14-23-12-10-21-8-6-18-15-16(19)24-17(2,3)4/h1,18H,6-15H2,2-4H3. The smallest absolute Gasteiger partial charge is 0.320 e. The average molecular weight is 345 g/mol. The summed E-state index contributed by atoms with van der Waals surface area (Å²) in [5.74, 6) is 2.11. The molecule has 0 aliphatic carbocycles. The number of terminal acetylenes is 1. The Kier molecular flexibility index (Phi) is 14.6. The van der Waals surface area contributed by atoms with Gasteiger partial charge < -0.3 is 29.0 Å². The highest BCUT2D eigenvalue weighted by atomic mass is 16.6. The van der Waals surface area contributed by atoms with E-state index in [-0.39, 0.29) is 12.5 Å². The molecule has 0 unspecified atom stereocenters. The second-order valence-electron chi connectivity index (χ2n) is 5.86. The molecule has 0 aromatic carbocycles. The molecule has 0 spiro atoms. The van der Waals surface area contributed by atoms with Crippen LogP contribution in [-0.4, -0.2) is 77.5 Å². The number of esters is 1. The van der Waals surface area contributed by atoms with Crippen molar-refractivity contribution in [3.8, 4) is 12.3 Å². The maximum atomic E-state index is 11.4. The molecule has 0 saturated carbocycles. The van der Waals surface area contributed by atoms with E-state index in [1.807, 2.05) is 20.8 Å². The van der Waals surface area contributed by atoms with E-state index < -0.39 is 5.60 Å². The summed E-state index contributed by atoms with van der Waals surface area (Å²) in [5.41, 5.74) is -0.453. The van der Waals surface area contributed by atoms with Gasteiger partial charge in [0.2, 0.25) is 0 Å². The number of carbonyl (C=O) groups is 1. The molecule has 0 aliphatic rings. The molecule has 0 aromatic heterocycles. The van der Waals surface area contributed by atoms with Gasteiger partial charge in [-0.1, -0.05) is 5.92 Å². The second-order valence-corrected chi connectivity index (χ2v) is 5.86. The Hall–Kier alpha value is -1.17. The SMILES string of the molecule is C#CCOCCOCCOCCOCCNCC(=O)OC(C)(C)C. The summed E-state index contributed by atoms with van der Waals surface area (Å²) < 4.78 is 26.2. The summed E-state index contributed by atoms with van der Waals surface area (Å²) in [6, 6.07) is 0. The first-order chi connectivity index (χ1) is 11.5. The zero-order valence-electron chi connectivity index (χ0n) is 15.1. The van der Waals surface area contributed by atoms with Gasteiger partial charge in [-0.15, -0.1) is 6.42 Å². The van der Waals surface area contributed by atoms with E-state index in [2.05, 4.69) is 11.2 Å². The van der Waals surface area contributed by atoms with E-state index in [0.29, 0.717) is 59.4 Å². The molecule has 1 N–H and O–H groups in total. The van der Waals surface area contributed by atoms with Crippen molar-refractivity contribution < 1.29 is 28.5 Å². The van der Waals surface area contributed by atoms with Crippen molar-refractivity contribution in [2.75, 3.05) is 65.9 Å². The van der Waals surface area contributed by atoms with Crippen LogP contribution in [0.5, 0.6) is 0 Å². The van der Waals surface area contributed by atoms with Crippen LogP contribution in [0.4, 0.5) is 0 Å². The summed E-state index contributed by atoms with van der Waals surface area (Å²) in [7, 11) is 0. The van der Waals surface area contributed by atoms with Gasteiger partial charge >= 0.3 is 5.97 Å². The molecule has 0 aliphatic heterocycles. The summed E-state index contributed by atoms with van der Waals surface area (Å²) >= 11 is 0. The normalized spacial score (nSPS) is 11.2. The first kappa shape index (κ1) is 22.8. The van der Waals surface area contributed by atoms with Gasteiger partial charge in [-0.25, -0.2) is 0 Å². The third-order valence-corrected chi connectivity index (χ3v) is 2.41. The fourth-order valence-corrected chi connectivity index (χ4v) is 1.50. The number of ether oxygens (including phenoxy) is 5. The Bertz CT molecular complexity index is 348. The summed E-state index contributed by atoms with van der Waals surface area (Å²) in [6.07, 6.45) is 5.04. The fraction of sp³-hybridized carbons (Fsp3) is 0.824. The second kappa shape index (κ2) is 15.4. The monoisotopic (exact) mass is 345 g/mol. The first-order valence-corrected chi connectivity index (χ1v) is 8.12. The highest BCUT2D eigenvalue weighted by Gasteiger charge is 2.15. The van der Waals surface area contributed by atoms with Gasteiger partial charge in [0.1, 0.15) is 12.2 Å². The molecule has 7 heteroatoms. The molecule has 24 heavy (non-hydrogen) atoms. The van der Waals surface area contributed by atoms with Crippen molar-refractivity contribution >= 4 is 5.97 Å². The highest BCUT2D eigenvalue weighted by Crippen LogP contribution is 2.05. The van der Waals surface area contributed by atoms with Crippen LogP contribution < -0.4 is 5.32 Å². The third kappa shape index (κ3) is 18.9. The van der Waals surface area contributed by atoms with E-state index in [4.69, 9.17) is 30.1 Å². The van der Waals surface area contributed by atoms with Crippen molar-refractivity contribution in [2.24, 2.45) is 0 Å². The van der Waals surface area contributed by atoms with Crippen LogP contribution in [0.25, 0.3) is 0 Å². The molecule has 0 saturated heterocycles. The van der Waals surface area contributed by atoms with Crippen LogP contribution in [0.1, 0.15) is 20.8 Å². The van der Waals surface area contributed by atoms with Gasteiger partial charge in [-0.2, -0.15) is 0 Å². The van der Waals surface area contributed by atoms with Gasteiger partial charge in [0, 0.05) is 6.54 Å². The van der Waals surface area contributed by atoms with E-state index >= 15 is 0 Å². The van der Waals surface area contributed by atoms with Gasteiger partial charge in [0.05, 0.1) is 52.8 Å². The number of rotatable bonds is 15. The van der Waals surface area contributed by atoms with Crippen LogP contribution in [0, 0.1) is 12.3 Å². The van der Waals surface area contributed by atoms with Crippen molar-refractivity contribution in [3.05, 3.63) is 0 Å². The highest BCUT2D eigenvalue weighted by molar-refractivity contribution is 5.72. The maximum absolute atomic E-state index is 11.4. The molecule has 0 radical (unpaired) electrons. The van der Waals surface area contributed by atoms with Gasteiger partial charge in [-0.3, -0.25) is 4.79 Å². The van der Waals surface area contributed by atoms with Crippen molar-refractivity contribution in [1.82, 2.24) is 5.32 Å². The Morgan fingerprint density at radius 3 is 1.92 bits per heavy atom. The molecule has 7 nitrogen and oxygen atoms in total. The lowest BCUT2D eigenvalue weighted by molar-refractivity contribution is -0.153. The summed E-state index contributed by atoms with van der Waals surface area (Å²) in [4.78, 5) is 11.4. The molecule has 0 amide bonds. The summed E-state index contributed by atoms with van der Waals surface area (Å²) in [5, 5.41) is 2.96. The minimum Gasteiger partial charge on any atom is -0.459 e. The van der Waals surface area contributed by atoms with Crippen LogP contribution in [0.3, 0.4) is 0 Å². The predicted octanol–water partition coefficient (Wildman–Crippen LogP) is 0.617. The predicted molar refractivity (Wildman–Crippen MR) is 90.8 cm³/mol. The van der Waals surface area contributed by atoms with Crippen LogP contribution >= 0.6 is 0 Å². The minimum absolute atomic E-state index is 0.180. The van der Waals surface area contributed by atoms with Crippen molar-refractivity contribution in [3.63, 3.8) is 0 Å². The molecule has 0 rings (SSSR count). The van der Waals surface area contributed by atoms with Crippen LogP contribution in [0.15, 0.2) is 0 Å². The lowest BCUT2D eigenvalue weighted by Gasteiger charge is -2.19. The van der Waals surface area contributed by atoms with E-state index in [9.17, 15) is 4.79 Å². The number of hydrogen-bond donors (Lipinski definition) is 1. The Labute approximate surface area is 145 Å². The van der Waals surface area contributed by atoms with E-state index in [0.717, 1.165) is 0 Å². The first-order valence-electron chi connectivity index (χ1n) is 8.12. The zero-order chi connectivity index (χ0) is 18.1. The van der Waals surface area contributed by atoms with Crippen LogP contribution in [0.2, 0.25) is 0 Å². The van der Waals surface area contributed by atoms with Gasteiger partial charge in [0.25, 0.3) is 0 Å².